The van der Waals surface area contributed by atoms with Crippen LogP contribution in [-0.4, -0.2) is 26.9 Å². The van der Waals surface area contributed by atoms with E-state index >= 15 is 0 Å². The quantitative estimate of drug-likeness (QED) is 0.729. The molecule has 3 heterocycles. The summed E-state index contributed by atoms with van der Waals surface area (Å²) in [5, 5.41) is 0. The molecule has 4 nitrogen and oxygen atoms in total. The predicted molar refractivity (Wildman–Crippen MR) is 88.0 cm³/mol. The molecule has 3 aromatic rings. The lowest BCUT2D eigenvalue weighted by Gasteiger charge is -2.37. The highest BCUT2D eigenvalue weighted by Gasteiger charge is 2.32. The summed E-state index contributed by atoms with van der Waals surface area (Å²) in [6.07, 6.45) is 5.41. The third-order valence-electron chi connectivity index (χ3n) is 4.34. The van der Waals surface area contributed by atoms with Crippen molar-refractivity contribution in [1.82, 2.24) is 14.5 Å². The average Bonchev–Trinajstić information content (AvgIpc) is 3.10. The maximum Gasteiger partial charge on any atom is 0.254 e. The van der Waals surface area contributed by atoms with E-state index in [1.54, 1.807) is 24.5 Å². The molecule has 0 spiro atoms. The molecular formula is C19H17N3O. The smallest absolute Gasteiger partial charge is 0.254 e. The van der Waals surface area contributed by atoms with E-state index in [0.717, 1.165) is 17.8 Å². The number of hydrogen-bond donors (Lipinski definition) is 0. The number of amides is 1. The van der Waals surface area contributed by atoms with Crippen molar-refractivity contribution in [3.05, 3.63) is 90.0 Å². The fourth-order valence-corrected chi connectivity index (χ4v) is 3.25. The molecule has 2 aromatic heterocycles. The summed E-state index contributed by atoms with van der Waals surface area (Å²) in [5.41, 5.74) is 2.97. The zero-order valence-electron chi connectivity index (χ0n) is 12.7. The van der Waals surface area contributed by atoms with Gasteiger partial charge in [0.15, 0.2) is 0 Å². The fourth-order valence-electron chi connectivity index (χ4n) is 3.25. The van der Waals surface area contributed by atoms with Crippen LogP contribution in [0, 0.1) is 0 Å². The van der Waals surface area contributed by atoms with Gasteiger partial charge in [0.2, 0.25) is 0 Å². The summed E-state index contributed by atoms with van der Waals surface area (Å²) in [6, 6.07) is 17.9. The van der Waals surface area contributed by atoms with Crippen LogP contribution in [0.5, 0.6) is 0 Å². The fraction of sp³-hybridized carbons (Fsp3) is 0.158. The Morgan fingerprint density at radius 2 is 1.74 bits per heavy atom. The molecular weight excluding hydrogens is 286 g/mol. The van der Waals surface area contributed by atoms with E-state index in [-0.39, 0.29) is 11.9 Å². The first-order valence-electron chi connectivity index (χ1n) is 7.75. The molecule has 1 aliphatic rings. The molecule has 1 atom stereocenters. The Morgan fingerprint density at radius 3 is 2.52 bits per heavy atom. The van der Waals surface area contributed by atoms with Gasteiger partial charge in [-0.25, -0.2) is 0 Å². The van der Waals surface area contributed by atoms with Crippen LogP contribution in [0.25, 0.3) is 0 Å². The van der Waals surface area contributed by atoms with Crippen LogP contribution in [0.3, 0.4) is 0 Å². The maximum atomic E-state index is 13.0. The minimum atomic E-state index is -0.0550. The van der Waals surface area contributed by atoms with Crippen molar-refractivity contribution < 1.29 is 4.79 Å². The SMILES string of the molecule is O=C(c1ccncc1)N1CCn2cccc2[C@H]1c1ccccc1. The van der Waals surface area contributed by atoms with Crippen molar-refractivity contribution in [3.63, 3.8) is 0 Å². The molecule has 23 heavy (non-hydrogen) atoms. The molecule has 0 saturated carbocycles. The van der Waals surface area contributed by atoms with E-state index in [0.29, 0.717) is 12.1 Å². The van der Waals surface area contributed by atoms with E-state index in [9.17, 15) is 4.79 Å². The van der Waals surface area contributed by atoms with Gasteiger partial charge in [0.1, 0.15) is 0 Å². The van der Waals surface area contributed by atoms with Gasteiger partial charge in [0.25, 0.3) is 5.91 Å². The van der Waals surface area contributed by atoms with Gasteiger partial charge in [-0.2, -0.15) is 0 Å². The summed E-state index contributed by atoms with van der Waals surface area (Å²) in [5.74, 6) is 0.0497. The second-order valence-corrected chi connectivity index (χ2v) is 5.67. The number of carbonyl (C=O) groups is 1. The van der Waals surface area contributed by atoms with E-state index in [1.165, 1.54) is 0 Å². The lowest BCUT2D eigenvalue weighted by atomic mass is 9.99. The van der Waals surface area contributed by atoms with Crippen molar-refractivity contribution in [2.75, 3.05) is 6.54 Å². The largest absolute Gasteiger partial charge is 0.348 e. The Morgan fingerprint density at radius 1 is 0.957 bits per heavy atom. The van der Waals surface area contributed by atoms with Crippen molar-refractivity contribution >= 4 is 5.91 Å². The molecule has 0 aliphatic carbocycles. The van der Waals surface area contributed by atoms with Crippen LogP contribution < -0.4 is 0 Å². The van der Waals surface area contributed by atoms with Crippen LogP contribution in [0.4, 0.5) is 0 Å². The molecule has 4 heteroatoms. The number of carbonyl (C=O) groups excluding carboxylic acids is 1. The number of fused-ring (bicyclic) bond motifs is 1. The lowest BCUT2D eigenvalue weighted by molar-refractivity contribution is 0.0664. The van der Waals surface area contributed by atoms with Crippen LogP contribution >= 0.6 is 0 Å². The predicted octanol–water partition coefficient (Wildman–Crippen LogP) is 3.13. The van der Waals surface area contributed by atoms with E-state index in [1.807, 2.05) is 29.2 Å². The molecule has 0 N–H and O–H groups in total. The molecule has 0 saturated heterocycles. The Hall–Kier alpha value is -2.88. The summed E-state index contributed by atoms with van der Waals surface area (Å²) < 4.78 is 2.23. The standard InChI is InChI=1S/C19H17N3O/c23-19(16-8-10-20-11-9-16)22-14-13-21-12-4-7-17(21)18(22)15-5-2-1-3-6-15/h1-12,18H,13-14H2/t18-/m1/s1. The van der Waals surface area contributed by atoms with E-state index in [2.05, 4.69) is 33.9 Å². The zero-order valence-corrected chi connectivity index (χ0v) is 12.7. The normalized spacial score (nSPS) is 16.9. The molecule has 1 aromatic carbocycles. The summed E-state index contributed by atoms with van der Waals surface area (Å²) in [6.45, 7) is 1.52. The maximum absolute atomic E-state index is 13.0. The van der Waals surface area contributed by atoms with Crippen LogP contribution in [0.2, 0.25) is 0 Å². The third-order valence-corrected chi connectivity index (χ3v) is 4.34. The number of hydrogen-bond acceptors (Lipinski definition) is 2. The third kappa shape index (κ3) is 2.42. The molecule has 0 unspecified atom stereocenters. The first-order chi connectivity index (χ1) is 11.3. The molecule has 0 radical (unpaired) electrons. The number of aromatic nitrogens is 2. The van der Waals surface area contributed by atoms with Crippen molar-refractivity contribution in [2.45, 2.75) is 12.6 Å². The van der Waals surface area contributed by atoms with E-state index < -0.39 is 0 Å². The minimum Gasteiger partial charge on any atom is -0.348 e. The number of rotatable bonds is 2. The van der Waals surface area contributed by atoms with Crippen molar-refractivity contribution in [3.8, 4) is 0 Å². The average molecular weight is 303 g/mol. The minimum absolute atomic E-state index is 0.0497. The van der Waals surface area contributed by atoms with Gasteiger partial charge in [-0.3, -0.25) is 9.78 Å². The molecule has 1 amide bonds. The van der Waals surface area contributed by atoms with Crippen LogP contribution in [0.15, 0.2) is 73.2 Å². The summed E-state index contributed by atoms with van der Waals surface area (Å²) in [4.78, 5) is 19.0. The number of nitrogens with zero attached hydrogens (tertiary/aromatic N) is 3. The second kappa shape index (κ2) is 5.72. The summed E-state index contributed by atoms with van der Waals surface area (Å²) in [7, 11) is 0. The van der Waals surface area contributed by atoms with Crippen LogP contribution in [-0.2, 0) is 6.54 Å². The Labute approximate surface area is 135 Å². The summed E-state index contributed by atoms with van der Waals surface area (Å²) >= 11 is 0. The van der Waals surface area contributed by atoms with Gasteiger partial charge < -0.3 is 9.47 Å². The highest BCUT2D eigenvalue weighted by atomic mass is 16.2. The molecule has 0 fully saturated rings. The Bertz CT molecular complexity index is 811. The lowest BCUT2D eigenvalue weighted by Crippen LogP contribution is -2.42. The topological polar surface area (TPSA) is 38.1 Å². The van der Waals surface area contributed by atoms with Gasteiger partial charge in [-0.05, 0) is 29.8 Å². The van der Waals surface area contributed by atoms with Crippen LogP contribution in [0.1, 0.15) is 27.7 Å². The highest BCUT2D eigenvalue weighted by Crippen LogP contribution is 2.33. The molecule has 0 bridgehead atoms. The Kier molecular flexibility index (Phi) is 3.42. The zero-order chi connectivity index (χ0) is 15.6. The van der Waals surface area contributed by atoms with Crippen molar-refractivity contribution in [2.24, 2.45) is 0 Å². The monoisotopic (exact) mass is 303 g/mol. The molecule has 114 valence electrons. The highest BCUT2D eigenvalue weighted by molar-refractivity contribution is 5.94. The van der Waals surface area contributed by atoms with Gasteiger partial charge in [0.05, 0.1) is 6.04 Å². The molecule has 4 rings (SSSR count). The first-order valence-corrected chi connectivity index (χ1v) is 7.75. The van der Waals surface area contributed by atoms with Gasteiger partial charge >= 0.3 is 0 Å². The van der Waals surface area contributed by atoms with Gasteiger partial charge in [-0.15, -0.1) is 0 Å². The first kappa shape index (κ1) is 13.8. The molecule has 1 aliphatic heterocycles. The van der Waals surface area contributed by atoms with Crippen molar-refractivity contribution in [1.29, 1.82) is 0 Å². The second-order valence-electron chi connectivity index (χ2n) is 5.67. The Balaban J connectivity index is 1.78. The van der Waals surface area contributed by atoms with Gasteiger partial charge in [-0.1, -0.05) is 30.3 Å². The number of pyridine rings is 1. The van der Waals surface area contributed by atoms with Gasteiger partial charge in [0, 0.05) is 42.9 Å². The van der Waals surface area contributed by atoms with E-state index in [4.69, 9.17) is 0 Å². The number of benzene rings is 1.